The molecule has 110 valence electrons. The van der Waals surface area contributed by atoms with Crippen LogP contribution in [0.2, 0.25) is 0 Å². The van der Waals surface area contributed by atoms with E-state index in [1.807, 2.05) is 11.6 Å². The van der Waals surface area contributed by atoms with E-state index >= 15 is 0 Å². The third kappa shape index (κ3) is 2.66. The lowest BCUT2D eigenvalue weighted by Gasteiger charge is -2.16. The Morgan fingerprint density at radius 2 is 2.19 bits per heavy atom. The molecule has 3 aromatic rings. The second kappa shape index (κ2) is 5.92. The van der Waals surface area contributed by atoms with Gasteiger partial charge in [0, 0.05) is 22.9 Å². The average molecular weight is 416 g/mol. The highest BCUT2D eigenvalue weighted by molar-refractivity contribution is 14.1. The Bertz CT molecular complexity index is 779. The van der Waals surface area contributed by atoms with E-state index in [4.69, 9.17) is 16.6 Å². The number of hydrogen-bond donors (Lipinski definition) is 0. The van der Waals surface area contributed by atoms with Crippen molar-refractivity contribution >= 4 is 45.2 Å². The van der Waals surface area contributed by atoms with Crippen molar-refractivity contribution in [2.24, 2.45) is 7.05 Å². The summed E-state index contributed by atoms with van der Waals surface area (Å²) in [5, 5.41) is 8.20. The molecule has 0 N–H and O–H groups in total. The number of halogens is 2. The first-order chi connectivity index (χ1) is 10.1. The molecular weight excluding hydrogens is 401 g/mol. The van der Waals surface area contributed by atoms with Crippen LogP contribution >= 0.6 is 34.2 Å². The maximum absolute atomic E-state index is 5.94. The predicted molar refractivity (Wildman–Crippen MR) is 91.7 cm³/mol. The molecule has 0 radical (unpaired) electrons. The standard InChI is InChI=1S/C14H15ClIN5/c1-9(14-19-17-8-20(14)2)21-12-4-3-10(16)7-11(12)18-13(21)5-6-15/h3-4,7-9H,5-6H2,1-2H3. The minimum absolute atomic E-state index is 0.0563. The van der Waals surface area contributed by atoms with Gasteiger partial charge in [-0.05, 0) is 47.7 Å². The van der Waals surface area contributed by atoms with E-state index in [1.165, 1.54) is 3.57 Å². The molecule has 0 saturated carbocycles. The van der Waals surface area contributed by atoms with Crippen LogP contribution in [0.5, 0.6) is 0 Å². The monoisotopic (exact) mass is 415 g/mol. The molecule has 7 heteroatoms. The lowest BCUT2D eigenvalue weighted by Crippen LogP contribution is -2.15. The van der Waals surface area contributed by atoms with Crippen LogP contribution < -0.4 is 0 Å². The summed E-state index contributed by atoms with van der Waals surface area (Å²) in [5.74, 6) is 2.44. The van der Waals surface area contributed by atoms with Gasteiger partial charge in [-0.3, -0.25) is 0 Å². The Labute approximate surface area is 141 Å². The smallest absolute Gasteiger partial charge is 0.155 e. The Balaban J connectivity index is 2.19. The number of rotatable bonds is 4. The molecule has 2 heterocycles. The van der Waals surface area contributed by atoms with Gasteiger partial charge < -0.3 is 9.13 Å². The van der Waals surface area contributed by atoms with E-state index in [-0.39, 0.29) is 6.04 Å². The van der Waals surface area contributed by atoms with Gasteiger partial charge in [0.25, 0.3) is 0 Å². The Morgan fingerprint density at radius 3 is 2.86 bits per heavy atom. The molecule has 5 nitrogen and oxygen atoms in total. The van der Waals surface area contributed by atoms with E-state index in [1.54, 1.807) is 6.33 Å². The molecule has 3 rings (SSSR count). The maximum Gasteiger partial charge on any atom is 0.155 e. The van der Waals surface area contributed by atoms with Crippen LogP contribution in [0.4, 0.5) is 0 Å². The topological polar surface area (TPSA) is 48.5 Å². The zero-order chi connectivity index (χ0) is 15.0. The van der Waals surface area contributed by atoms with E-state index in [9.17, 15) is 0 Å². The minimum Gasteiger partial charge on any atom is -0.319 e. The molecule has 0 saturated heterocycles. The van der Waals surface area contributed by atoms with Crippen LogP contribution in [0.25, 0.3) is 11.0 Å². The summed E-state index contributed by atoms with van der Waals surface area (Å²) in [5.41, 5.74) is 2.10. The third-order valence-corrected chi connectivity index (χ3v) is 4.41. The van der Waals surface area contributed by atoms with Crippen LogP contribution in [0, 0.1) is 3.57 Å². The average Bonchev–Trinajstić information content (AvgIpc) is 3.01. The van der Waals surface area contributed by atoms with Gasteiger partial charge in [0.15, 0.2) is 5.82 Å². The van der Waals surface area contributed by atoms with Crippen molar-refractivity contribution < 1.29 is 0 Å². The van der Waals surface area contributed by atoms with Crippen LogP contribution in [-0.2, 0) is 13.5 Å². The van der Waals surface area contributed by atoms with Gasteiger partial charge in [-0.1, -0.05) is 0 Å². The SMILES string of the molecule is CC(c1nncn1C)n1c(CCCl)nc2cc(I)ccc21. The molecule has 0 aliphatic rings. The lowest BCUT2D eigenvalue weighted by atomic mass is 10.2. The van der Waals surface area contributed by atoms with E-state index in [0.717, 1.165) is 29.1 Å². The first-order valence-corrected chi connectivity index (χ1v) is 8.29. The normalized spacial score (nSPS) is 13.0. The fraction of sp³-hybridized carbons (Fsp3) is 0.357. The molecule has 0 spiro atoms. The summed E-state index contributed by atoms with van der Waals surface area (Å²) >= 11 is 8.24. The van der Waals surface area contributed by atoms with Gasteiger partial charge in [-0.15, -0.1) is 21.8 Å². The summed E-state index contributed by atoms with van der Waals surface area (Å²) in [6.07, 6.45) is 2.45. The van der Waals surface area contributed by atoms with Crippen molar-refractivity contribution in [1.29, 1.82) is 0 Å². The van der Waals surface area contributed by atoms with E-state index in [0.29, 0.717) is 5.88 Å². The predicted octanol–water partition coefficient (Wildman–Crippen LogP) is 3.16. The van der Waals surface area contributed by atoms with Crippen molar-refractivity contribution in [2.45, 2.75) is 19.4 Å². The van der Waals surface area contributed by atoms with Gasteiger partial charge in [-0.25, -0.2) is 4.98 Å². The van der Waals surface area contributed by atoms with Gasteiger partial charge in [-0.2, -0.15) is 0 Å². The fourth-order valence-corrected chi connectivity index (χ4v) is 3.24. The van der Waals surface area contributed by atoms with Gasteiger partial charge in [0.2, 0.25) is 0 Å². The number of aromatic nitrogens is 5. The molecule has 0 amide bonds. The zero-order valence-electron chi connectivity index (χ0n) is 11.8. The molecule has 0 fully saturated rings. The first kappa shape index (κ1) is 14.8. The summed E-state index contributed by atoms with van der Waals surface area (Å²) < 4.78 is 5.32. The van der Waals surface area contributed by atoms with Crippen LogP contribution in [-0.4, -0.2) is 30.2 Å². The van der Waals surface area contributed by atoms with Crippen molar-refractivity contribution in [3.8, 4) is 0 Å². The van der Waals surface area contributed by atoms with Crippen LogP contribution in [0.1, 0.15) is 24.6 Å². The third-order valence-electron chi connectivity index (χ3n) is 3.55. The van der Waals surface area contributed by atoms with Crippen molar-refractivity contribution in [1.82, 2.24) is 24.3 Å². The fourth-order valence-electron chi connectivity index (χ4n) is 2.60. The van der Waals surface area contributed by atoms with Crippen molar-refractivity contribution in [3.63, 3.8) is 0 Å². The molecule has 1 atom stereocenters. The molecule has 21 heavy (non-hydrogen) atoms. The number of alkyl halides is 1. The minimum atomic E-state index is 0.0563. The largest absolute Gasteiger partial charge is 0.319 e. The van der Waals surface area contributed by atoms with Crippen LogP contribution in [0.3, 0.4) is 0 Å². The number of imidazole rings is 1. The lowest BCUT2D eigenvalue weighted by molar-refractivity contribution is 0.566. The van der Waals surface area contributed by atoms with Crippen LogP contribution in [0.15, 0.2) is 24.5 Å². The first-order valence-electron chi connectivity index (χ1n) is 6.68. The molecule has 0 aliphatic heterocycles. The Morgan fingerprint density at radius 1 is 1.38 bits per heavy atom. The second-order valence-corrected chi connectivity index (χ2v) is 6.57. The highest BCUT2D eigenvalue weighted by atomic mass is 127. The quantitative estimate of drug-likeness (QED) is 0.486. The highest BCUT2D eigenvalue weighted by Crippen LogP contribution is 2.26. The van der Waals surface area contributed by atoms with Gasteiger partial charge >= 0.3 is 0 Å². The summed E-state index contributed by atoms with van der Waals surface area (Å²) in [6, 6.07) is 6.35. The number of nitrogens with zero attached hydrogens (tertiary/aromatic N) is 5. The van der Waals surface area contributed by atoms with Gasteiger partial charge in [0.05, 0.1) is 17.1 Å². The number of hydrogen-bond acceptors (Lipinski definition) is 3. The highest BCUT2D eigenvalue weighted by Gasteiger charge is 2.20. The Kier molecular flexibility index (Phi) is 4.17. The molecule has 0 aliphatic carbocycles. The molecule has 2 aromatic heterocycles. The maximum atomic E-state index is 5.94. The summed E-state index contributed by atoms with van der Waals surface area (Å²) in [4.78, 5) is 4.74. The van der Waals surface area contributed by atoms with Gasteiger partial charge in [0.1, 0.15) is 12.2 Å². The summed E-state index contributed by atoms with van der Waals surface area (Å²) in [6.45, 7) is 2.11. The van der Waals surface area contributed by atoms with E-state index in [2.05, 4.69) is 62.5 Å². The summed E-state index contributed by atoms with van der Waals surface area (Å²) in [7, 11) is 1.95. The molecule has 1 unspecified atom stereocenters. The molecular formula is C14H15ClIN5. The zero-order valence-corrected chi connectivity index (χ0v) is 14.7. The second-order valence-electron chi connectivity index (χ2n) is 4.95. The number of fused-ring (bicyclic) bond motifs is 1. The van der Waals surface area contributed by atoms with Crippen molar-refractivity contribution in [3.05, 3.63) is 39.7 Å². The van der Waals surface area contributed by atoms with E-state index < -0.39 is 0 Å². The Hall–Kier alpha value is -1.15. The molecule has 0 bridgehead atoms. The van der Waals surface area contributed by atoms with Crippen molar-refractivity contribution in [2.75, 3.05) is 5.88 Å². The molecule has 1 aromatic carbocycles. The number of aryl methyl sites for hydroxylation is 2. The number of benzene rings is 1.